The predicted molar refractivity (Wildman–Crippen MR) is 62.7 cm³/mol. The van der Waals surface area contributed by atoms with E-state index >= 15 is 0 Å². The van der Waals surface area contributed by atoms with Gasteiger partial charge < -0.3 is 11.1 Å². The van der Waals surface area contributed by atoms with E-state index in [0.29, 0.717) is 17.8 Å². The molecule has 0 bridgehead atoms. The Kier molecular flexibility index (Phi) is 4.03. The number of anilines is 1. The molecule has 0 spiro atoms. The van der Waals surface area contributed by atoms with Crippen molar-refractivity contribution in [2.45, 2.75) is 13.8 Å². The van der Waals surface area contributed by atoms with Crippen molar-refractivity contribution in [1.82, 2.24) is 0 Å². The maximum absolute atomic E-state index is 11.6. The molecule has 1 unspecified atom stereocenters. The molecule has 0 saturated carbocycles. The number of nitrogens with zero attached hydrogens (tertiary/aromatic N) is 1. The molecule has 0 aliphatic heterocycles. The van der Waals surface area contributed by atoms with Crippen LogP contribution in [0.3, 0.4) is 0 Å². The van der Waals surface area contributed by atoms with E-state index in [4.69, 9.17) is 11.0 Å². The normalized spacial score (nSPS) is 11.6. The second kappa shape index (κ2) is 5.29. The highest BCUT2D eigenvalue weighted by molar-refractivity contribution is 5.93. The Morgan fingerprint density at radius 3 is 2.88 bits per heavy atom. The van der Waals surface area contributed by atoms with E-state index in [9.17, 15) is 4.79 Å². The molecule has 0 aliphatic rings. The minimum atomic E-state index is -0.257. The third-order valence-electron chi connectivity index (χ3n) is 2.44. The molecule has 4 nitrogen and oxygen atoms in total. The zero-order valence-electron chi connectivity index (χ0n) is 9.45. The van der Waals surface area contributed by atoms with Gasteiger partial charge >= 0.3 is 0 Å². The average Bonchev–Trinajstić information content (AvgIpc) is 2.28. The van der Waals surface area contributed by atoms with Crippen molar-refractivity contribution in [3.63, 3.8) is 0 Å². The van der Waals surface area contributed by atoms with Gasteiger partial charge in [-0.1, -0.05) is 19.1 Å². The van der Waals surface area contributed by atoms with Crippen LogP contribution in [0.1, 0.15) is 18.1 Å². The number of nitrogens with one attached hydrogen (secondary N) is 1. The minimum absolute atomic E-state index is 0.162. The van der Waals surface area contributed by atoms with Gasteiger partial charge in [-0.2, -0.15) is 5.26 Å². The first-order chi connectivity index (χ1) is 7.60. The molecule has 1 aromatic carbocycles. The Morgan fingerprint density at radius 2 is 2.31 bits per heavy atom. The summed E-state index contributed by atoms with van der Waals surface area (Å²) in [5.41, 5.74) is 7.30. The SMILES string of the molecule is Cc1cccc(NC(=O)C(C)CN)c1C#N. The van der Waals surface area contributed by atoms with Crippen LogP contribution in [0.5, 0.6) is 0 Å². The van der Waals surface area contributed by atoms with Crippen LogP contribution >= 0.6 is 0 Å². The number of hydrogen-bond donors (Lipinski definition) is 2. The van der Waals surface area contributed by atoms with E-state index in [2.05, 4.69) is 11.4 Å². The van der Waals surface area contributed by atoms with Crippen LogP contribution in [0.4, 0.5) is 5.69 Å². The maximum Gasteiger partial charge on any atom is 0.228 e. The summed E-state index contributed by atoms with van der Waals surface area (Å²) < 4.78 is 0. The Morgan fingerprint density at radius 1 is 1.62 bits per heavy atom. The fourth-order valence-corrected chi connectivity index (χ4v) is 1.28. The van der Waals surface area contributed by atoms with Crippen molar-refractivity contribution < 1.29 is 4.79 Å². The molecule has 0 saturated heterocycles. The Balaban J connectivity index is 2.94. The third-order valence-corrected chi connectivity index (χ3v) is 2.44. The first-order valence-corrected chi connectivity index (χ1v) is 5.10. The van der Waals surface area contributed by atoms with Crippen molar-refractivity contribution in [2.24, 2.45) is 11.7 Å². The molecule has 3 N–H and O–H groups in total. The lowest BCUT2D eigenvalue weighted by molar-refractivity contribution is -0.119. The Labute approximate surface area is 95.1 Å². The molecule has 16 heavy (non-hydrogen) atoms. The largest absolute Gasteiger partial charge is 0.330 e. The molecule has 1 rings (SSSR count). The number of amides is 1. The predicted octanol–water partition coefficient (Wildman–Crippen LogP) is 1.40. The first-order valence-electron chi connectivity index (χ1n) is 5.10. The maximum atomic E-state index is 11.6. The van der Waals surface area contributed by atoms with Gasteiger partial charge in [-0.25, -0.2) is 0 Å². The lowest BCUT2D eigenvalue weighted by Crippen LogP contribution is -2.27. The minimum Gasteiger partial charge on any atom is -0.330 e. The van der Waals surface area contributed by atoms with Gasteiger partial charge in [0.2, 0.25) is 5.91 Å². The second-order valence-corrected chi connectivity index (χ2v) is 3.74. The first kappa shape index (κ1) is 12.2. The van der Waals surface area contributed by atoms with Gasteiger partial charge in [-0.15, -0.1) is 0 Å². The number of hydrogen-bond acceptors (Lipinski definition) is 3. The van der Waals surface area contributed by atoms with E-state index in [1.54, 1.807) is 19.1 Å². The van der Waals surface area contributed by atoms with Crippen LogP contribution in [0.2, 0.25) is 0 Å². The molecule has 1 amide bonds. The van der Waals surface area contributed by atoms with Gasteiger partial charge in [0.25, 0.3) is 0 Å². The molecule has 0 aliphatic carbocycles. The molecule has 4 heteroatoms. The Hall–Kier alpha value is -1.86. The van der Waals surface area contributed by atoms with E-state index < -0.39 is 0 Å². The van der Waals surface area contributed by atoms with Crippen molar-refractivity contribution in [3.05, 3.63) is 29.3 Å². The van der Waals surface area contributed by atoms with E-state index in [-0.39, 0.29) is 11.8 Å². The van der Waals surface area contributed by atoms with Crippen LogP contribution in [0.15, 0.2) is 18.2 Å². The van der Waals surface area contributed by atoms with Crippen molar-refractivity contribution >= 4 is 11.6 Å². The van der Waals surface area contributed by atoms with Crippen LogP contribution in [0.25, 0.3) is 0 Å². The molecular formula is C12H15N3O. The molecular weight excluding hydrogens is 202 g/mol. The summed E-state index contributed by atoms with van der Waals surface area (Å²) in [4.78, 5) is 11.6. The summed E-state index contributed by atoms with van der Waals surface area (Å²) in [6.07, 6.45) is 0. The van der Waals surface area contributed by atoms with Crippen molar-refractivity contribution in [2.75, 3.05) is 11.9 Å². The van der Waals surface area contributed by atoms with Crippen molar-refractivity contribution in [3.8, 4) is 6.07 Å². The fraction of sp³-hybridized carbons (Fsp3) is 0.333. The van der Waals surface area contributed by atoms with Gasteiger partial charge in [0, 0.05) is 12.5 Å². The lowest BCUT2D eigenvalue weighted by Gasteiger charge is -2.11. The summed E-state index contributed by atoms with van der Waals surface area (Å²) in [5, 5.41) is 11.7. The smallest absolute Gasteiger partial charge is 0.228 e. The number of nitriles is 1. The summed E-state index contributed by atoms with van der Waals surface area (Å²) in [6.45, 7) is 3.87. The number of nitrogens with two attached hydrogens (primary N) is 1. The lowest BCUT2D eigenvalue weighted by atomic mass is 10.1. The number of aryl methyl sites for hydroxylation is 1. The number of rotatable bonds is 3. The zero-order valence-corrected chi connectivity index (χ0v) is 9.45. The molecule has 0 radical (unpaired) electrons. The van der Waals surface area contributed by atoms with Crippen LogP contribution in [-0.4, -0.2) is 12.5 Å². The molecule has 0 heterocycles. The topological polar surface area (TPSA) is 78.9 Å². The van der Waals surface area contributed by atoms with Gasteiger partial charge in [0.1, 0.15) is 6.07 Å². The number of carbonyl (C=O) groups is 1. The van der Waals surface area contributed by atoms with Gasteiger partial charge in [0.05, 0.1) is 11.3 Å². The quantitative estimate of drug-likeness (QED) is 0.803. The molecule has 1 aromatic rings. The molecule has 1 atom stereocenters. The summed E-state index contributed by atoms with van der Waals surface area (Å²) in [6, 6.07) is 7.43. The summed E-state index contributed by atoms with van der Waals surface area (Å²) in [5.74, 6) is -0.420. The standard InChI is InChI=1S/C12H15N3O/c1-8-4-3-5-11(10(8)7-14)15-12(16)9(2)6-13/h3-5,9H,6,13H2,1-2H3,(H,15,16). The van der Waals surface area contributed by atoms with Crippen LogP contribution < -0.4 is 11.1 Å². The molecule has 0 fully saturated rings. The Bertz CT molecular complexity index is 434. The van der Waals surface area contributed by atoms with Gasteiger partial charge in [0.15, 0.2) is 0 Å². The van der Waals surface area contributed by atoms with Crippen LogP contribution in [-0.2, 0) is 4.79 Å². The van der Waals surface area contributed by atoms with E-state index in [1.165, 1.54) is 0 Å². The zero-order chi connectivity index (χ0) is 12.1. The highest BCUT2D eigenvalue weighted by Crippen LogP contribution is 2.18. The highest BCUT2D eigenvalue weighted by Gasteiger charge is 2.13. The average molecular weight is 217 g/mol. The van der Waals surface area contributed by atoms with E-state index in [0.717, 1.165) is 5.56 Å². The fourth-order valence-electron chi connectivity index (χ4n) is 1.28. The molecule has 84 valence electrons. The summed E-state index contributed by atoms with van der Waals surface area (Å²) in [7, 11) is 0. The third kappa shape index (κ3) is 2.59. The molecule has 0 aromatic heterocycles. The van der Waals surface area contributed by atoms with Gasteiger partial charge in [-0.05, 0) is 18.6 Å². The number of carbonyl (C=O) groups excluding carboxylic acids is 1. The second-order valence-electron chi connectivity index (χ2n) is 3.74. The van der Waals surface area contributed by atoms with E-state index in [1.807, 2.05) is 13.0 Å². The van der Waals surface area contributed by atoms with Gasteiger partial charge in [-0.3, -0.25) is 4.79 Å². The van der Waals surface area contributed by atoms with Crippen molar-refractivity contribution in [1.29, 1.82) is 5.26 Å². The van der Waals surface area contributed by atoms with Crippen LogP contribution in [0, 0.1) is 24.2 Å². The summed E-state index contributed by atoms with van der Waals surface area (Å²) >= 11 is 0. The highest BCUT2D eigenvalue weighted by atomic mass is 16.1. The number of benzene rings is 1. The monoisotopic (exact) mass is 217 g/mol.